The smallest absolute Gasteiger partial charge is 0.267 e. The van der Waals surface area contributed by atoms with Crippen molar-refractivity contribution in [1.29, 1.82) is 0 Å². The first-order valence-electron chi connectivity index (χ1n) is 10.3. The summed E-state index contributed by atoms with van der Waals surface area (Å²) >= 11 is 0. The SMILES string of the molecule is CN(c1cnc(-c2ccc(-n3ccnc3)cc2O)cn1)[C@@H]1C[C@H]2CC(F)(F)[C@@](C)(C1)N2. The van der Waals surface area contributed by atoms with E-state index in [0.717, 1.165) is 5.69 Å². The second kappa shape index (κ2) is 6.98. The molecule has 162 valence electrons. The van der Waals surface area contributed by atoms with Crippen molar-refractivity contribution in [2.45, 2.75) is 49.7 Å². The van der Waals surface area contributed by atoms with E-state index in [1.54, 1.807) is 54.7 Å². The number of fused-ring (bicyclic) bond motifs is 2. The summed E-state index contributed by atoms with van der Waals surface area (Å²) in [5.74, 6) is -1.99. The molecule has 0 unspecified atom stereocenters. The van der Waals surface area contributed by atoms with Crippen LogP contribution in [0.2, 0.25) is 0 Å². The Balaban J connectivity index is 1.35. The highest BCUT2D eigenvalue weighted by Crippen LogP contribution is 2.47. The Morgan fingerprint density at radius 2 is 2.06 bits per heavy atom. The average Bonchev–Trinajstić information content (AvgIpc) is 3.32. The van der Waals surface area contributed by atoms with Crippen LogP contribution in [0, 0.1) is 0 Å². The van der Waals surface area contributed by atoms with Crippen LogP contribution in [0.1, 0.15) is 26.2 Å². The van der Waals surface area contributed by atoms with E-state index in [-0.39, 0.29) is 24.3 Å². The van der Waals surface area contributed by atoms with Crippen LogP contribution >= 0.6 is 0 Å². The van der Waals surface area contributed by atoms with Gasteiger partial charge in [-0.2, -0.15) is 0 Å². The minimum atomic E-state index is -2.71. The second-order valence-electron chi connectivity index (χ2n) is 8.72. The van der Waals surface area contributed by atoms with Gasteiger partial charge in [0.15, 0.2) is 0 Å². The summed E-state index contributed by atoms with van der Waals surface area (Å²) in [4.78, 5) is 14.9. The van der Waals surface area contributed by atoms with E-state index in [1.165, 1.54) is 0 Å². The van der Waals surface area contributed by atoms with Crippen molar-refractivity contribution in [3.05, 3.63) is 49.3 Å². The molecule has 2 fully saturated rings. The van der Waals surface area contributed by atoms with Crippen LogP contribution in [0.4, 0.5) is 14.6 Å². The van der Waals surface area contributed by atoms with Gasteiger partial charge in [-0.25, -0.2) is 18.7 Å². The fourth-order valence-corrected chi connectivity index (χ4v) is 4.81. The Morgan fingerprint density at radius 3 is 2.71 bits per heavy atom. The molecule has 2 bridgehead atoms. The lowest BCUT2D eigenvalue weighted by Gasteiger charge is -2.42. The second-order valence-corrected chi connectivity index (χ2v) is 8.72. The standard InChI is InChI=1S/C22H24F2N6O/c1-21-10-16(7-14(28-21)9-22(21,23)24)29(2)20-12-26-18(11-27-20)17-4-3-15(8-19(17)31)30-6-5-25-13-30/h3-6,8,11-14,16,28,31H,7,9-10H2,1-2H3/t14-,16+,21+/m0/s1. The number of nitrogens with zero attached hydrogens (tertiary/aromatic N) is 5. The quantitative estimate of drug-likeness (QED) is 0.666. The number of aromatic nitrogens is 4. The van der Waals surface area contributed by atoms with Crippen LogP contribution in [-0.2, 0) is 0 Å². The van der Waals surface area contributed by atoms with Crippen LogP contribution in [-0.4, -0.2) is 55.2 Å². The highest BCUT2D eigenvalue weighted by molar-refractivity contribution is 5.68. The number of hydrogen-bond acceptors (Lipinski definition) is 6. The van der Waals surface area contributed by atoms with Gasteiger partial charge in [0.1, 0.15) is 11.6 Å². The number of anilines is 1. The number of halogens is 2. The first-order chi connectivity index (χ1) is 14.8. The summed E-state index contributed by atoms with van der Waals surface area (Å²) in [5, 5.41) is 13.6. The number of phenols is 1. The highest BCUT2D eigenvalue weighted by Gasteiger charge is 2.61. The van der Waals surface area contributed by atoms with Crippen molar-refractivity contribution in [2.75, 3.05) is 11.9 Å². The molecule has 2 N–H and O–H groups in total. The number of alkyl halides is 2. The number of piperidine rings is 1. The van der Waals surface area contributed by atoms with Crippen molar-refractivity contribution in [2.24, 2.45) is 0 Å². The zero-order chi connectivity index (χ0) is 21.8. The van der Waals surface area contributed by atoms with Gasteiger partial charge in [-0.15, -0.1) is 0 Å². The monoisotopic (exact) mass is 426 g/mol. The van der Waals surface area contributed by atoms with Gasteiger partial charge in [0.25, 0.3) is 5.92 Å². The number of rotatable bonds is 4. The van der Waals surface area contributed by atoms with Gasteiger partial charge >= 0.3 is 0 Å². The van der Waals surface area contributed by atoms with E-state index < -0.39 is 11.5 Å². The van der Waals surface area contributed by atoms with Crippen molar-refractivity contribution < 1.29 is 13.9 Å². The molecule has 9 heteroatoms. The molecular weight excluding hydrogens is 402 g/mol. The van der Waals surface area contributed by atoms with Crippen LogP contribution in [0.5, 0.6) is 5.75 Å². The highest BCUT2D eigenvalue weighted by atomic mass is 19.3. The zero-order valence-corrected chi connectivity index (χ0v) is 17.3. The molecule has 2 aliphatic rings. The topological polar surface area (TPSA) is 79.1 Å². The number of aromatic hydroxyl groups is 1. The summed E-state index contributed by atoms with van der Waals surface area (Å²) in [6.07, 6.45) is 9.21. The third-order valence-electron chi connectivity index (χ3n) is 6.64. The molecule has 2 aromatic heterocycles. The lowest BCUT2D eigenvalue weighted by Crippen LogP contribution is -2.58. The molecule has 0 aliphatic carbocycles. The molecule has 2 saturated heterocycles. The molecule has 0 amide bonds. The van der Waals surface area contributed by atoms with Gasteiger partial charge in [0.2, 0.25) is 0 Å². The van der Waals surface area contributed by atoms with Crippen LogP contribution in [0.15, 0.2) is 49.3 Å². The van der Waals surface area contributed by atoms with E-state index in [0.29, 0.717) is 29.9 Å². The van der Waals surface area contributed by atoms with E-state index in [9.17, 15) is 13.9 Å². The molecule has 1 aromatic carbocycles. The maximum Gasteiger partial charge on any atom is 0.267 e. The Morgan fingerprint density at radius 1 is 1.23 bits per heavy atom. The number of hydrogen-bond donors (Lipinski definition) is 2. The van der Waals surface area contributed by atoms with Gasteiger partial charge in [0.05, 0.1) is 35.6 Å². The van der Waals surface area contributed by atoms with Gasteiger partial charge in [-0.1, -0.05) is 0 Å². The van der Waals surface area contributed by atoms with Gasteiger partial charge in [-0.05, 0) is 31.9 Å². The summed E-state index contributed by atoms with van der Waals surface area (Å²) in [5.41, 5.74) is 0.701. The van der Waals surface area contributed by atoms with Crippen LogP contribution < -0.4 is 10.2 Å². The predicted octanol–water partition coefficient (Wildman–Crippen LogP) is 3.39. The lowest BCUT2D eigenvalue weighted by molar-refractivity contribution is -0.0569. The zero-order valence-electron chi connectivity index (χ0n) is 17.3. The fraction of sp³-hybridized carbons (Fsp3) is 0.409. The molecule has 0 spiro atoms. The first-order valence-corrected chi connectivity index (χ1v) is 10.3. The predicted molar refractivity (Wildman–Crippen MR) is 113 cm³/mol. The number of benzene rings is 1. The Kier molecular flexibility index (Phi) is 4.47. The lowest BCUT2D eigenvalue weighted by atomic mass is 9.86. The molecule has 3 atom stereocenters. The summed E-state index contributed by atoms with van der Waals surface area (Å²) in [6, 6.07) is 5.05. The largest absolute Gasteiger partial charge is 0.507 e. The van der Waals surface area contributed by atoms with Crippen LogP contribution in [0.25, 0.3) is 16.9 Å². The molecule has 3 aromatic rings. The van der Waals surface area contributed by atoms with E-state index >= 15 is 0 Å². The number of nitrogens with one attached hydrogen (secondary N) is 1. The van der Waals surface area contributed by atoms with Crippen molar-refractivity contribution >= 4 is 5.82 Å². The third kappa shape index (κ3) is 3.33. The Labute approximate surface area is 178 Å². The molecule has 31 heavy (non-hydrogen) atoms. The van der Waals surface area contributed by atoms with Crippen molar-refractivity contribution in [3.63, 3.8) is 0 Å². The maximum atomic E-state index is 14.4. The van der Waals surface area contributed by atoms with E-state index in [4.69, 9.17) is 0 Å². The minimum Gasteiger partial charge on any atom is -0.507 e. The first kappa shape index (κ1) is 19.9. The summed E-state index contributed by atoms with van der Waals surface area (Å²) < 4.78 is 30.6. The Hall–Kier alpha value is -3.07. The molecular formula is C22H24F2N6O. The maximum absolute atomic E-state index is 14.4. The van der Waals surface area contributed by atoms with Crippen molar-refractivity contribution in [3.8, 4) is 22.7 Å². The Bertz CT molecular complexity index is 1090. The minimum absolute atomic E-state index is 0.0485. The number of phenolic OH excluding ortho intramolecular Hbond substituents is 1. The molecule has 4 heterocycles. The van der Waals surface area contributed by atoms with Crippen LogP contribution in [0.3, 0.4) is 0 Å². The van der Waals surface area contributed by atoms with Crippen molar-refractivity contribution in [1.82, 2.24) is 24.8 Å². The molecule has 0 radical (unpaired) electrons. The summed E-state index contributed by atoms with van der Waals surface area (Å²) in [7, 11) is 1.87. The third-order valence-corrected chi connectivity index (χ3v) is 6.64. The van der Waals surface area contributed by atoms with Gasteiger partial charge in [0, 0.05) is 49.6 Å². The normalized spacial score (nSPS) is 26.7. The molecule has 7 nitrogen and oxygen atoms in total. The van der Waals surface area contributed by atoms with E-state index in [1.807, 2.05) is 18.0 Å². The average molecular weight is 426 g/mol. The number of imidazole rings is 1. The molecule has 5 rings (SSSR count). The van der Waals surface area contributed by atoms with Gasteiger partial charge < -0.3 is 19.9 Å². The fourth-order valence-electron chi connectivity index (χ4n) is 4.81. The molecule has 2 aliphatic heterocycles. The molecule has 0 saturated carbocycles. The summed E-state index contributed by atoms with van der Waals surface area (Å²) in [6.45, 7) is 1.61. The van der Waals surface area contributed by atoms with Gasteiger partial charge in [-0.3, -0.25) is 4.98 Å². The van der Waals surface area contributed by atoms with E-state index in [2.05, 4.69) is 20.3 Å².